The number of nitro benzene ring substituents is 1. The van der Waals surface area contributed by atoms with E-state index in [0.29, 0.717) is 28.8 Å². The van der Waals surface area contributed by atoms with Crippen molar-refractivity contribution in [1.29, 1.82) is 0 Å². The van der Waals surface area contributed by atoms with E-state index in [1.807, 2.05) is 6.07 Å². The fourth-order valence-electron chi connectivity index (χ4n) is 2.08. The Morgan fingerprint density at radius 1 is 1.42 bits per heavy atom. The Balaban J connectivity index is 1.75. The first-order valence-electron chi connectivity index (χ1n) is 6.90. The van der Waals surface area contributed by atoms with Gasteiger partial charge in [-0.3, -0.25) is 10.1 Å². The SMILES string of the molecule is COc1ccc([N+](=O)[O-])cc1CSc1nnnn1Cc1ccco1. The molecule has 2 heterocycles. The van der Waals surface area contributed by atoms with E-state index in [2.05, 4.69) is 15.5 Å². The Hall–Kier alpha value is -2.88. The van der Waals surface area contributed by atoms with Gasteiger partial charge in [-0.2, -0.15) is 0 Å². The van der Waals surface area contributed by atoms with Gasteiger partial charge in [0.05, 0.1) is 18.3 Å². The van der Waals surface area contributed by atoms with E-state index < -0.39 is 4.92 Å². The molecule has 0 aliphatic heterocycles. The zero-order valence-corrected chi connectivity index (χ0v) is 13.5. The lowest BCUT2D eigenvalue weighted by molar-refractivity contribution is -0.384. The number of nitrogens with zero attached hydrogens (tertiary/aromatic N) is 5. The van der Waals surface area contributed by atoms with Crippen molar-refractivity contribution in [2.45, 2.75) is 17.5 Å². The molecule has 0 aliphatic carbocycles. The number of aromatic nitrogens is 4. The average Bonchev–Trinajstić information content (AvgIpc) is 3.25. The summed E-state index contributed by atoms with van der Waals surface area (Å²) in [6.45, 7) is 0.411. The van der Waals surface area contributed by atoms with E-state index in [0.717, 1.165) is 5.76 Å². The number of thioether (sulfide) groups is 1. The van der Waals surface area contributed by atoms with Crippen LogP contribution in [0.1, 0.15) is 11.3 Å². The number of non-ortho nitro benzene ring substituents is 1. The van der Waals surface area contributed by atoms with Crippen molar-refractivity contribution < 1.29 is 14.1 Å². The highest BCUT2D eigenvalue weighted by Gasteiger charge is 2.14. The van der Waals surface area contributed by atoms with Gasteiger partial charge in [0.25, 0.3) is 5.69 Å². The highest BCUT2D eigenvalue weighted by Crippen LogP contribution is 2.30. The molecule has 0 atom stereocenters. The second kappa shape index (κ2) is 7.13. The Morgan fingerprint density at radius 2 is 2.29 bits per heavy atom. The smallest absolute Gasteiger partial charge is 0.270 e. The molecule has 0 fully saturated rings. The van der Waals surface area contributed by atoms with Crippen molar-refractivity contribution in [3.63, 3.8) is 0 Å². The van der Waals surface area contributed by atoms with Crippen LogP contribution >= 0.6 is 11.8 Å². The van der Waals surface area contributed by atoms with Crippen LogP contribution in [0.3, 0.4) is 0 Å². The molecule has 0 spiro atoms. The summed E-state index contributed by atoms with van der Waals surface area (Å²) in [5.41, 5.74) is 0.714. The molecule has 0 radical (unpaired) electrons. The first-order valence-corrected chi connectivity index (χ1v) is 7.88. The van der Waals surface area contributed by atoms with Gasteiger partial charge >= 0.3 is 0 Å². The maximum atomic E-state index is 10.9. The molecule has 0 unspecified atom stereocenters. The summed E-state index contributed by atoms with van der Waals surface area (Å²) in [5.74, 6) is 1.75. The summed E-state index contributed by atoms with van der Waals surface area (Å²) < 4.78 is 12.1. The number of hydrogen-bond donors (Lipinski definition) is 0. The molecule has 3 aromatic rings. The zero-order chi connectivity index (χ0) is 16.9. The number of ether oxygens (including phenoxy) is 1. The number of hydrogen-bond acceptors (Lipinski definition) is 8. The molecule has 9 nitrogen and oxygen atoms in total. The number of methoxy groups -OCH3 is 1. The normalized spacial score (nSPS) is 10.7. The van der Waals surface area contributed by atoms with E-state index in [1.54, 1.807) is 23.1 Å². The molecule has 0 amide bonds. The monoisotopic (exact) mass is 347 g/mol. The van der Waals surface area contributed by atoms with Crippen molar-refractivity contribution in [2.75, 3.05) is 7.11 Å². The number of benzene rings is 1. The summed E-state index contributed by atoms with van der Waals surface area (Å²) in [6, 6.07) is 8.11. The van der Waals surface area contributed by atoms with Crippen LogP contribution in [-0.2, 0) is 12.3 Å². The van der Waals surface area contributed by atoms with Crippen LogP contribution in [0, 0.1) is 10.1 Å². The van der Waals surface area contributed by atoms with Crippen LogP contribution < -0.4 is 4.74 Å². The second-order valence-corrected chi connectivity index (χ2v) is 5.68. The van der Waals surface area contributed by atoms with Gasteiger partial charge in [0.2, 0.25) is 5.16 Å². The molecular weight excluding hydrogens is 334 g/mol. The maximum absolute atomic E-state index is 10.9. The first-order chi connectivity index (χ1) is 11.7. The molecular formula is C14H13N5O4S. The third-order valence-electron chi connectivity index (χ3n) is 3.22. The van der Waals surface area contributed by atoms with Crippen molar-refractivity contribution in [2.24, 2.45) is 0 Å². The van der Waals surface area contributed by atoms with E-state index in [9.17, 15) is 10.1 Å². The number of furan rings is 1. The Bertz CT molecular complexity index is 834. The van der Waals surface area contributed by atoms with Gasteiger partial charge in [-0.05, 0) is 28.6 Å². The summed E-state index contributed by atoms with van der Waals surface area (Å²) in [6.07, 6.45) is 1.58. The molecule has 1 aromatic carbocycles. The van der Waals surface area contributed by atoms with Gasteiger partial charge in [0, 0.05) is 23.4 Å². The molecule has 0 saturated carbocycles. The average molecular weight is 347 g/mol. The standard InChI is InChI=1S/C14H13N5O4S/c1-22-13-5-4-11(19(20)21)7-10(13)9-24-14-15-16-17-18(14)8-12-3-2-6-23-12/h2-7H,8-9H2,1H3. The highest BCUT2D eigenvalue weighted by atomic mass is 32.2. The minimum Gasteiger partial charge on any atom is -0.496 e. The number of tetrazole rings is 1. The Kier molecular flexibility index (Phi) is 4.75. The van der Waals surface area contributed by atoms with Gasteiger partial charge in [-0.25, -0.2) is 4.68 Å². The second-order valence-electron chi connectivity index (χ2n) is 4.74. The van der Waals surface area contributed by atoms with Gasteiger partial charge < -0.3 is 9.15 Å². The summed E-state index contributed by atoms with van der Waals surface area (Å²) >= 11 is 1.36. The molecule has 0 bridgehead atoms. The van der Waals surface area contributed by atoms with Gasteiger partial charge in [-0.1, -0.05) is 11.8 Å². The number of nitro groups is 1. The molecule has 0 saturated heterocycles. The van der Waals surface area contributed by atoms with E-state index in [4.69, 9.17) is 9.15 Å². The summed E-state index contributed by atoms with van der Waals surface area (Å²) in [4.78, 5) is 10.5. The van der Waals surface area contributed by atoms with Crippen LogP contribution in [0.2, 0.25) is 0 Å². The lowest BCUT2D eigenvalue weighted by atomic mass is 10.2. The summed E-state index contributed by atoms with van der Waals surface area (Å²) in [7, 11) is 1.52. The third-order valence-corrected chi connectivity index (χ3v) is 4.22. The quantitative estimate of drug-likeness (QED) is 0.364. The lowest BCUT2D eigenvalue weighted by Gasteiger charge is -2.08. The van der Waals surface area contributed by atoms with E-state index in [-0.39, 0.29) is 5.69 Å². The van der Waals surface area contributed by atoms with Gasteiger partial charge in [0.1, 0.15) is 18.1 Å². The molecule has 124 valence electrons. The zero-order valence-electron chi connectivity index (χ0n) is 12.7. The Morgan fingerprint density at radius 3 is 3.00 bits per heavy atom. The fourth-order valence-corrected chi connectivity index (χ4v) is 2.94. The molecule has 3 rings (SSSR count). The first kappa shape index (κ1) is 16.0. The third kappa shape index (κ3) is 3.54. The highest BCUT2D eigenvalue weighted by molar-refractivity contribution is 7.98. The predicted molar refractivity (Wildman–Crippen MR) is 84.8 cm³/mol. The van der Waals surface area contributed by atoms with Crippen molar-refractivity contribution in [3.8, 4) is 5.75 Å². The number of rotatable bonds is 7. The minimum absolute atomic E-state index is 0.0153. The van der Waals surface area contributed by atoms with Crippen molar-refractivity contribution in [1.82, 2.24) is 20.2 Å². The molecule has 0 aliphatic rings. The summed E-state index contributed by atoms with van der Waals surface area (Å²) in [5, 5.41) is 23.1. The van der Waals surface area contributed by atoms with Gasteiger partial charge in [-0.15, -0.1) is 5.10 Å². The molecule has 0 N–H and O–H groups in total. The minimum atomic E-state index is -0.436. The van der Waals surface area contributed by atoms with Crippen molar-refractivity contribution in [3.05, 3.63) is 58.0 Å². The maximum Gasteiger partial charge on any atom is 0.270 e. The van der Waals surface area contributed by atoms with Crippen LogP contribution in [-0.4, -0.2) is 32.2 Å². The van der Waals surface area contributed by atoms with Gasteiger partial charge in [0.15, 0.2) is 0 Å². The van der Waals surface area contributed by atoms with Crippen LogP contribution in [0.15, 0.2) is 46.2 Å². The van der Waals surface area contributed by atoms with Crippen LogP contribution in [0.4, 0.5) is 5.69 Å². The van der Waals surface area contributed by atoms with Crippen LogP contribution in [0.5, 0.6) is 5.75 Å². The molecule has 24 heavy (non-hydrogen) atoms. The topological polar surface area (TPSA) is 109 Å². The van der Waals surface area contributed by atoms with E-state index >= 15 is 0 Å². The van der Waals surface area contributed by atoms with Crippen LogP contribution in [0.25, 0.3) is 0 Å². The fraction of sp³-hybridized carbons (Fsp3) is 0.214. The van der Waals surface area contributed by atoms with Crippen molar-refractivity contribution >= 4 is 17.4 Å². The lowest BCUT2D eigenvalue weighted by Crippen LogP contribution is -2.03. The largest absolute Gasteiger partial charge is 0.496 e. The molecule has 10 heteroatoms. The Labute approximate surface area is 140 Å². The molecule has 2 aromatic heterocycles. The van der Waals surface area contributed by atoms with E-state index in [1.165, 1.54) is 31.0 Å². The predicted octanol–water partition coefficient (Wildman–Crippen LogP) is 2.52.